The van der Waals surface area contributed by atoms with Crippen molar-refractivity contribution in [2.75, 3.05) is 13.6 Å². The van der Waals surface area contributed by atoms with E-state index in [9.17, 15) is 4.79 Å². The van der Waals surface area contributed by atoms with Crippen LogP contribution < -0.4 is 16.0 Å². The van der Waals surface area contributed by atoms with E-state index in [0.717, 1.165) is 0 Å². The summed E-state index contributed by atoms with van der Waals surface area (Å²) in [4.78, 5) is 16.7. The lowest BCUT2D eigenvalue weighted by atomic mass is 10.4. The van der Waals surface area contributed by atoms with E-state index in [4.69, 9.17) is 0 Å². The van der Waals surface area contributed by atoms with Gasteiger partial charge in [-0.3, -0.25) is 9.79 Å². The predicted octanol–water partition coefficient (Wildman–Crippen LogP) is 1.56. The zero-order valence-corrected chi connectivity index (χ0v) is 14.5. The fourth-order valence-electron chi connectivity index (χ4n) is 1.34. The second-order valence-electron chi connectivity index (χ2n) is 4.08. The average Bonchev–Trinajstić information content (AvgIpc) is 2.81. The van der Waals surface area contributed by atoms with Crippen molar-refractivity contribution in [3.8, 4) is 0 Å². The lowest BCUT2D eigenvalue weighted by Gasteiger charge is -2.12. The molecule has 0 atom stereocenters. The van der Waals surface area contributed by atoms with Gasteiger partial charge in [-0.1, -0.05) is 6.07 Å². The van der Waals surface area contributed by atoms with Crippen LogP contribution >= 0.6 is 35.3 Å². The molecule has 0 spiro atoms. The van der Waals surface area contributed by atoms with Gasteiger partial charge in [0, 0.05) is 18.0 Å². The first kappa shape index (κ1) is 18.2. The number of hydrogen-bond acceptors (Lipinski definition) is 3. The van der Waals surface area contributed by atoms with Crippen LogP contribution in [-0.2, 0) is 11.3 Å². The topological polar surface area (TPSA) is 65.5 Å². The number of nitrogens with zero attached hydrogens (tertiary/aromatic N) is 1. The molecule has 1 rings (SSSR count). The molecule has 1 aromatic heterocycles. The standard InChI is InChI=1S/C12H20N4OS.HI/c1-9(2)16-11(17)8-15-12(13-3)14-7-10-5-4-6-18-10;/h4-6,9H,7-8H2,1-3H3,(H,16,17)(H2,13,14,15);1H. The molecular weight excluding hydrogens is 375 g/mol. The molecule has 0 saturated heterocycles. The van der Waals surface area contributed by atoms with Crippen molar-refractivity contribution >= 4 is 47.2 Å². The lowest BCUT2D eigenvalue weighted by Crippen LogP contribution is -2.44. The van der Waals surface area contributed by atoms with Crippen LogP contribution in [0, 0.1) is 0 Å². The van der Waals surface area contributed by atoms with Gasteiger partial charge in [-0.05, 0) is 25.3 Å². The Kier molecular flexibility index (Phi) is 9.58. The summed E-state index contributed by atoms with van der Waals surface area (Å²) in [7, 11) is 1.68. The molecule has 1 heterocycles. The van der Waals surface area contributed by atoms with Crippen LogP contribution in [0.15, 0.2) is 22.5 Å². The van der Waals surface area contributed by atoms with Crippen LogP contribution in [0.3, 0.4) is 0 Å². The summed E-state index contributed by atoms with van der Waals surface area (Å²) in [5, 5.41) is 11.0. The second-order valence-corrected chi connectivity index (χ2v) is 5.11. The quantitative estimate of drug-likeness (QED) is 0.402. The SMILES string of the molecule is CN=C(NCC(=O)NC(C)C)NCc1cccs1.I. The molecule has 0 fully saturated rings. The molecule has 1 aromatic rings. The van der Waals surface area contributed by atoms with Crippen LogP contribution in [0.5, 0.6) is 0 Å². The van der Waals surface area contributed by atoms with Crippen LogP contribution in [0.2, 0.25) is 0 Å². The van der Waals surface area contributed by atoms with Crippen LogP contribution in [-0.4, -0.2) is 31.5 Å². The Morgan fingerprint density at radius 2 is 2.16 bits per heavy atom. The van der Waals surface area contributed by atoms with Crippen molar-refractivity contribution in [1.82, 2.24) is 16.0 Å². The summed E-state index contributed by atoms with van der Waals surface area (Å²) >= 11 is 1.68. The number of amides is 1. The maximum Gasteiger partial charge on any atom is 0.239 e. The van der Waals surface area contributed by atoms with E-state index in [1.807, 2.05) is 25.3 Å². The molecule has 0 aliphatic heterocycles. The fraction of sp³-hybridized carbons (Fsp3) is 0.500. The van der Waals surface area contributed by atoms with Crippen molar-refractivity contribution in [3.05, 3.63) is 22.4 Å². The molecule has 0 aliphatic rings. The molecule has 19 heavy (non-hydrogen) atoms. The van der Waals surface area contributed by atoms with Crippen molar-refractivity contribution in [1.29, 1.82) is 0 Å². The van der Waals surface area contributed by atoms with Gasteiger partial charge in [0.05, 0.1) is 13.1 Å². The second kappa shape index (κ2) is 10.0. The first-order chi connectivity index (χ1) is 8.61. The molecule has 3 N–H and O–H groups in total. The van der Waals surface area contributed by atoms with Gasteiger partial charge in [0.15, 0.2) is 5.96 Å². The third-order valence-corrected chi connectivity index (χ3v) is 2.98. The Balaban J connectivity index is 0.00000324. The zero-order valence-electron chi connectivity index (χ0n) is 11.4. The predicted molar refractivity (Wildman–Crippen MR) is 91.2 cm³/mol. The third kappa shape index (κ3) is 8.04. The molecular formula is C12H21IN4OS. The summed E-state index contributed by atoms with van der Waals surface area (Å²) in [5.74, 6) is 0.589. The van der Waals surface area contributed by atoms with E-state index in [-0.39, 0.29) is 42.5 Å². The zero-order chi connectivity index (χ0) is 13.4. The minimum absolute atomic E-state index is 0. The van der Waals surface area contributed by atoms with Crippen LogP contribution in [0.1, 0.15) is 18.7 Å². The number of hydrogen-bond donors (Lipinski definition) is 3. The molecule has 0 aromatic carbocycles. The fourth-order valence-corrected chi connectivity index (χ4v) is 1.99. The molecule has 0 aliphatic carbocycles. The Hall–Kier alpha value is -0.830. The highest BCUT2D eigenvalue weighted by Crippen LogP contribution is 2.06. The van der Waals surface area contributed by atoms with E-state index >= 15 is 0 Å². The van der Waals surface area contributed by atoms with E-state index in [1.54, 1.807) is 18.4 Å². The monoisotopic (exact) mass is 396 g/mol. The molecule has 0 unspecified atom stereocenters. The van der Waals surface area contributed by atoms with E-state index < -0.39 is 0 Å². The Morgan fingerprint density at radius 1 is 1.42 bits per heavy atom. The van der Waals surface area contributed by atoms with Crippen LogP contribution in [0.25, 0.3) is 0 Å². The molecule has 108 valence electrons. The van der Waals surface area contributed by atoms with Gasteiger partial charge < -0.3 is 16.0 Å². The summed E-state index contributed by atoms with van der Waals surface area (Å²) in [6.07, 6.45) is 0. The van der Waals surface area contributed by atoms with Gasteiger partial charge in [0.2, 0.25) is 5.91 Å². The summed E-state index contributed by atoms with van der Waals surface area (Å²) in [6.45, 7) is 4.80. The molecule has 0 saturated carbocycles. The van der Waals surface area contributed by atoms with Crippen molar-refractivity contribution < 1.29 is 4.79 Å². The Labute approximate surface area is 135 Å². The smallest absolute Gasteiger partial charge is 0.239 e. The number of guanidine groups is 1. The first-order valence-electron chi connectivity index (χ1n) is 5.88. The maximum atomic E-state index is 11.5. The third-order valence-electron chi connectivity index (χ3n) is 2.10. The molecule has 0 radical (unpaired) electrons. The summed E-state index contributed by atoms with van der Waals surface area (Å²) in [6, 6.07) is 4.21. The van der Waals surface area contributed by atoms with Gasteiger partial charge in [0.1, 0.15) is 0 Å². The van der Waals surface area contributed by atoms with E-state index in [1.165, 1.54) is 4.88 Å². The van der Waals surface area contributed by atoms with Gasteiger partial charge in [-0.2, -0.15) is 0 Å². The number of carbonyl (C=O) groups is 1. The van der Waals surface area contributed by atoms with Crippen LogP contribution in [0.4, 0.5) is 0 Å². The first-order valence-corrected chi connectivity index (χ1v) is 6.76. The highest BCUT2D eigenvalue weighted by atomic mass is 127. The number of nitrogens with one attached hydrogen (secondary N) is 3. The van der Waals surface area contributed by atoms with E-state index in [0.29, 0.717) is 12.5 Å². The van der Waals surface area contributed by atoms with Gasteiger partial charge in [-0.25, -0.2) is 0 Å². The molecule has 1 amide bonds. The molecule has 5 nitrogen and oxygen atoms in total. The number of carbonyl (C=O) groups excluding carboxylic acids is 1. The minimum Gasteiger partial charge on any atom is -0.352 e. The van der Waals surface area contributed by atoms with E-state index in [2.05, 4.69) is 27.0 Å². The van der Waals surface area contributed by atoms with Crippen molar-refractivity contribution in [3.63, 3.8) is 0 Å². The normalized spacial score (nSPS) is 10.8. The number of rotatable bonds is 5. The summed E-state index contributed by atoms with van der Waals surface area (Å²) in [5.41, 5.74) is 0. The highest BCUT2D eigenvalue weighted by molar-refractivity contribution is 14.0. The highest BCUT2D eigenvalue weighted by Gasteiger charge is 2.04. The maximum absolute atomic E-state index is 11.5. The Bertz CT molecular complexity index is 392. The molecule has 0 bridgehead atoms. The lowest BCUT2D eigenvalue weighted by molar-refractivity contribution is -0.120. The molecule has 7 heteroatoms. The number of halogens is 1. The van der Waals surface area contributed by atoms with Gasteiger partial charge in [-0.15, -0.1) is 35.3 Å². The van der Waals surface area contributed by atoms with Gasteiger partial charge >= 0.3 is 0 Å². The Morgan fingerprint density at radius 3 is 2.68 bits per heavy atom. The van der Waals surface area contributed by atoms with Gasteiger partial charge in [0.25, 0.3) is 0 Å². The minimum atomic E-state index is -0.0379. The van der Waals surface area contributed by atoms with Crippen molar-refractivity contribution in [2.45, 2.75) is 26.4 Å². The largest absolute Gasteiger partial charge is 0.352 e. The number of thiophene rings is 1. The average molecular weight is 396 g/mol. The number of aliphatic imine (C=N–C) groups is 1. The summed E-state index contributed by atoms with van der Waals surface area (Å²) < 4.78 is 0. The van der Waals surface area contributed by atoms with Crippen molar-refractivity contribution in [2.24, 2.45) is 4.99 Å².